The number of nitrogens with zero attached hydrogens (tertiary/aromatic N) is 1. The van der Waals surface area contributed by atoms with Crippen molar-refractivity contribution in [2.75, 3.05) is 27.1 Å². The Kier molecular flexibility index (Phi) is 7.32. The Morgan fingerprint density at radius 3 is 2.09 bits per heavy atom. The fraction of sp³-hybridized carbons (Fsp3) is 0.208. The first kappa shape index (κ1) is 25.3. The van der Waals surface area contributed by atoms with Crippen LogP contribution in [0.25, 0.3) is 0 Å². The van der Waals surface area contributed by atoms with E-state index in [4.69, 9.17) is 0 Å². The average molecular weight is 502 g/mol. The Hall–Kier alpha value is -3.37. The molecule has 0 atom stereocenters. The Balaban J connectivity index is 1.70. The number of carbonyl (C=O) groups excluding carboxylic acids is 1. The molecule has 2 N–H and O–H groups in total. The molecule has 3 aromatic carbocycles. The van der Waals surface area contributed by atoms with Gasteiger partial charge in [-0.2, -0.15) is 0 Å². The molecule has 0 aliphatic heterocycles. The standard InChI is InChI=1S/C24H27N3O5S2/c1-5-33(29,30)27(4)21-12-8-19(9-13-21)24(28)25-20-10-14-22(15-11-20)34(31,32)26-23-16-17(2)6-7-18(23)3/h6-16,26H,5H2,1-4H3,(H,25,28). The molecule has 0 bridgehead atoms. The quantitative estimate of drug-likeness (QED) is 0.482. The Morgan fingerprint density at radius 2 is 1.50 bits per heavy atom. The van der Waals surface area contributed by atoms with Crippen LogP contribution in [0.5, 0.6) is 0 Å². The van der Waals surface area contributed by atoms with Crippen LogP contribution in [0.1, 0.15) is 28.4 Å². The second-order valence-corrected chi connectivity index (χ2v) is 11.8. The summed E-state index contributed by atoms with van der Waals surface area (Å²) in [5.41, 5.74) is 3.46. The molecule has 180 valence electrons. The highest BCUT2D eigenvalue weighted by Gasteiger charge is 2.17. The van der Waals surface area contributed by atoms with Crippen LogP contribution in [-0.4, -0.2) is 35.5 Å². The molecule has 0 aliphatic rings. The van der Waals surface area contributed by atoms with Gasteiger partial charge in [-0.15, -0.1) is 0 Å². The van der Waals surface area contributed by atoms with Gasteiger partial charge >= 0.3 is 0 Å². The highest BCUT2D eigenvalue weighted by atomic mass is 32.2. The summed E-state index contributed by atoms with van der Waals surface area (Å²) in [5, 5.41) is 2.71. The van der Waals surface area contributed by atoms with Crippen molar-refractivity contribution >= 4 is 43.0 Å². The smallest absolute Gasteiger partial charge is 0.261 e. The molecule has 34 heavy (non-hydrogen) atoms. The van der Waals surface area contributed by atoms with Gasteiger partial charge in [0.1, 0.15) is 0 Å². The number of anilines is 3. The normalized spacial score (nSPS) is 11.6. The fourth-order valence-electron chi connectivity index (χ4n) is 3.15. The number of carbonyl (C=O) groups is 1. The van der Waals surface area contributed by atoms with E-state index >= 15 is 0 Å². The van der Waals surface area contributed by atoms with Gasteiger partial charge in [0.15, 0.2) is 0 Å². The third kappa shape index (κ3) is 5.75. The molecule has 0 aliphatic carbocycles. The van der Waals surface area contributed by atoms with Crippen LogP contribution in [0.2, 0.25) is 0 Å². The molecule has 3 rings (SSSR count). The van der Waals surface area contributed by atoms with Crippen LogP contribution in [-0.2, 0) is 20.0 Å². The maximum absolute atomic E-state index is 12.8. The third-order valence-electron chi connectivity index (χ3n) is 5.34. The predicted molar refractivity (Wildman–Crippen MR) is 135 cm³/mol. The highest BCUT2D eigenvalue weighted by Crippen LogP contribution is 2.23. The fourth-order valence-corrected chi connectivity index (χ4v) is 5.10. The molecule has 10 heteroatoms. The van der Waals surface area contributed by atoms with Crippen molar-refractivity contribution in [3.05, 3.63) is 83.4 Å². The Labute approximate surface area is 200 Å². The molecule has 0 saturated heterocycles. The van der Waals surface area contributed by atoms with Crippen molar-refractivity contribution < 1.29 is 21.6 Å². The topological polar surface area (TPSA) is 113 Å². The van der Waals surface area contributed by atoms with Crippen molar-refractivity contribution in [1.29, 1.82) is 0 Å². The van der Waals surface area contributed by atoms with Crippen molar-refractivity contribution in [3.8, 4) is 0 Å². The summed E-state index contributed by atoms with van der Waals surface area (Å²) in [5.74, 6) is -0.436. The van der Waals surface area contributed by atoms with E-state index in [9.17, 15) is 21.6 Å². The summed E-state index contributed by atoms with van der Waals surface area (Å²) in [6.07, 6.45) is 0. The number of rotatable bonds is 8. The molecule has 8 nitrogen and oxygen atoms in total. The second kappa shape index (κ2) is 9.86. The van der Waals surface area contributed by atoms with Gasteiger partial charge in [-0.1, -0.05) is 12.1 Å². The summed E-state index contributed by atoms with van der Waals surface area (Å²) in [6, 6.07) is 17.5. The van der Waals surface area contributed by atoms with E-state index in [1.807, 2.05) is 26.0 Å². The van der Waals surface area contributed by atoms with Crippen LogP contribution in [0, 0.1) is 13.8 Å². The molecule has 0 heterocycles. The van der Waals surface area contributed by atoms with Crippen LogP contribution in [0.4, 0.5) is 17.1 Å². The number of hydrogen-bond donors (Lipinski definition) is 2. The van der Waals surface area contributed by atoms with E-state index in [0.717, 1.165) is 11.1 Å². The lowest BCUT2D eigenvalue weighted by Gasteiger charge is -2.18. The van der Waals surface area contributed by atoms with Gasteiger partial charge in [0.25, 0.3) is 15.9 Å². The number of hydrogen-bond acceptors (Lipinski definition) is 5. The lowest BCUT2D eigenvalue weighted by Crippen LogP contribution is -2.28. The molecule has 0 unspecified atom stereocenters. The summed E-state index contributed by atoms with van der Waals surface area (Å²) < 4.78 is 53.3. The van der Waals surface area contributed by atoms with Crippen LogP contribution in [0.3, 0.4) is 0 Å². The number of aryl methyl sites for hydroxylation is 2. The average Bonchev–Trinajstić information content (AvgIpc) is 2.81. The zero-order chi connectivity index (χ0) is 25.1. The molecular weight excluding hydrogens is 474 g/mol. The lowest BCUT2D eigenvalue weighted by atomic mass is 10.1. The van der Waals surface area contributed by atoms with Crippen molar-refractivity contribution in [2.24, 2.45) is 0 Å². The number of nitrogens with one attached hydrogen (secondary N) is 2. The number of amides is 1. The third-order valence-corrected chi connectivity index (χ3v) is 8.49. The van der Waals surface area contributed by atoms with Crippen LogP contribution in [0.15, 0.2) is 71.6 Å². The molecule has 0 spiro atoms. The van der Waals surface area contributed by atoms with Gasteiger partial charge in [-0.05, 0) is 86.5 Å². The van der Waals surface area contributed by atoms with E-state index in [1.54, 1.807) is 25.1 Å². The first-order chi connectivity index (χ1) is 15.9. The van der Waals surface area contributed by atoms with Crippen molar-refractivity contribution in [2.45, 2.75) is 25.7 Å². The first-order valence-corrected chi connectivity index (χ1v) is 13.6. The van der Waals surface area contributed by atoms with Gasteiger partial charge in [0, 0.05) is 18.3 Å². The van der Waals surface area contributed by atoms with Crippen molar-refractivity contribution in [1.82, 2.24) is 0 Å². The maximum atomic E-state index is 12.8. The SMILES string of the molecule is CCS(=O)(=O)N(C)c1ccc(C(=O)Nc2ccc(S(=O)(=O)Nc3cc(C)ccc3C)cc2)cc1. The summed E-state index contributed by atoms with van der Waals surface area (Å²) in [7, 11) is -5.73. The van der Waals surface area contributed by atoms with Crippen molar-refractivity contribution in [3.63, 3.8) is 0 Å². The molecule has 0 aromatic heterocycles. The van der Waals surface area contributed by atoms with Gasteiger partial charge in [-0.25, -0.2) is 16.8 Å². The zero-order valence-corrected chi connectivity index (χ0v) is 21.0. The molecule has 0 saturated carbocycles. The molecule has 1 amide bonds. The van der Waals surface area contributed by atoms with E-state index < -0.39 is 26.0 Å². The summed E-state index contributed by atoms with van der Waals surface area (Å²) in [6.45, 7) is 5.26. The van der Waals surface area contributed by atoms with Gasteiger partial charge in [-0.3, -0.25) is 13.8 Å². The predicted octanol–water partition coefficient (Wildman–Crippen LogP) is 4.14. The van der Waals surface area contributed by atoms with Gasteiger partial charge in [0.2, 0.25) is 10.0 Å². The minimum Gasteiger partial charge on any atom is -0.322 e. The summed E-state index contributed by atoms with van der Waals surface area (Å²) >= 11 is 0. The lowest BCUT2D eigenvalue weighted by molar-refractivity contribution is 0.102. The minimum atomic E-state index is -3.79. The van der Waals surface area contributed by atoms with Crippen LogP contribution < -0.4 is 14.3 Å². The minimum absolute atomic E-state index is 0.0302. The molecular formula is C24H27N3O5S2. The molecule has 0 fully saturated rings. The van der Waals surface area contributed by atoms with Crippen LogP contribution >= 0.6 is 0 Å². The van der Waals surface area contributed by atoms with E-state index in [2.05, 4.69) is 10.0 Å². The number of sulfonamides is 2. The Bertz CT molecular complexity index is 1400. The van der Waals surface area contributed by atoms with E-state index in [0.29, 0.717) is 22.6 Å². The maximum Gasteiger partial charge on any atom is 0.261 e. The molecule has 0 radical (unpaired) electrons. The monoisotopic (exact) mass is 501 g/mol. The summed E-state index contributed by atoms with van der Waals surface area (Å²) in [4.78, 5) is 12.6. The largest absolute Gasteiger partial charge is 0.322 e. The highest BCUT2D eigenvalue weighted by molar-refractivity contribution is 7.93. The van der Waals surface area contributed by atoms with Gasteiger partial charge in [0.05, 0.1) is 22.0 Å². The first-order valence-electron chi connectivity index (χ1n) is 10.5. The number of benzene rings is 3. The molecule has 3 aromatic rings. The second-order valence-electron chi connectivity index (χ2n) is 7.82. The van der Waals surface area contributed by atoms with E-state index in [1.165, 1.54) is 47.8 Å². The zero-order valence-electron chi connectivity index (χ0n) is 19.4. The van der Waals surface area contributed by atoms with E-state index in [-0.39, 0.29) is 10.6 Å². The van der Waals surface area contributed by atoms with Gasteiger partial charge < -0.3 is 5.32 Å². The Morgan fingerprint density at radius 1 is 0.882 bits per heavy atom.